The van der Waals surface area contributed by atoms with E-state index in [9.17, 15) is 23.1 Å². The lowest BCUT2D eigenvalue weighted by molar-refractivity contribution is -0.126. The number of nitrogens with one attached hydrogen (secondary N) is 1. The number of rotatable bonds is 9. The third-order valence-electron chi connectivity index (χ3n) is 5.19. The molecule has 1 amide bonds. The Morgan fingerprint density at radius 3 is 2.66 bits per heavy atom. The summed E-state index contributed by atoms with van der Waals surface area (Å²) in [5.74, 6) is -0.921. The molecule has 0 fully saturated rings. The molecular formula is C24H22N2O8S. The average molecular weight is 499 g/mol. The Hall–Kier alpha value is -4.12. The number of benzene rings is 2. The molecule has 0 saturated carbocycles. The minimum Gasteiger partial charge on any atom is -0.478 e. The second-order valence-electron chi connectivity index (χ2n) is 7.65. The summed E-state index contributed by atoms with van der Waals surface area (Å²) in [6.07, 6.45) is 2.31. The first-order valence-electron chi connectivity index (χ1n) is 10.7. The monoisotopic (exact) mass is 498 g/mol. The molecule has 1 unspecified atom stereocenters. The zero-order chi connectivity index (χ0) is 25.0. The third-order valence-corrected chi connectivity index (χ3v) is 6.52. The van der Waals surface area contributed by atoms with Crippen LogP contribution in [0.4, 0.5) is 0 Å². The Kier molecular flexibility index (Phi) is 6.87. The van der Waals surface area contributed by atoms with Gasteiger partial charge in [0.2, 0.25) is 12.9 Å². The van der Waals surface area contributed by atoms with Gasteiger partial charge in [-0.1, -0.05) is 19.4 Å². The van der Waals surface area contributed by atoms with E-state index in [4.69, 9.17) is 14.2 Å². The van der Waals surface area contributed by atoms with Crippen molar-refractivity contribution in [3.8, 4) is 17.2 Å². The summed E-state index contributed by atoms with van der Waals surface area (Å²) in [5, 5.41) is 9.34. The zero-order valence-electron chi connectivity index (χ0n) is 18.6. The largest absolute Gasteiger partial charge is 0.478 e. The number of carbonyl (C=O) groups excluding carboxylic acids is 1. The summed E-state index contributed by atoms with van der Waals surface area (Å²) >= 11 is 0. The molecule has 1 aromatic heterocycles. The maximum Gasteiger partial charge on any atom is 0.335 e. The number of fused-ring (bicyclic) bond motifs is 1. The lowest BCUT2D eigenvalue weighted by atomic mass is 10.0. The van der Waals surface area contributed by atoms with Gasteiger partial charge in [-0.3, -0.25) is 9.78 Å². The van der Waals surface area contributed by atoms with Crippen molar-refractivity contribution in [3.63, 3.8) is 0 Å². The predicted molar refractivity (Wildman–Crippen MR) is 123 cm³/mol. The molecule has 11 heteroatoms. The van der Waals surface area contributed by atoms with Crippen LogP contribution < -0.4 is 18.9 Å². The van der Waals surface area contributed by atoms with Gasteiger partial charge in [-0.05, 0) is 54.4 Å². The van der Waals surface area contributed by atoms with E-state index < -0.39 is 28.0 Å². The van der Waals surface area contributed by atoms with Gasteiger partial charge in [-0.25, -0.2) is 17.9 Å². The summed E-state index contributed by atoms with van der Waals surface area (Å²) in [7, 11) is -4.23. The molecule has 2 N–H and O–H groups in total. The number of ether oxygens (including phenoxy) is 3. The fourth-order valence-corrected chi connectivity index (χ4v) is 4.47. The predicted octanol–water partition coefficient (Wildman–Crippen LogP) is 3.09. The number of pyridine rings is 1. The number of aromatic nitrogens is 1. The van der Waals surface area contributed by atoms with Gasteiger partial charge in [0.1, 0.15) is 10.6 Å². The van der Waals surface area contributed by atoms with Crippen LogP contribution in [0.5, 0.6) is 17.2 Å². The van der Waals surface area contributed by atoms with Crippen LogP contribution in [-0.2, 0) is 21.2 Å². The normalized spacial score (nSPS) is 13.2. The van der Waals surface area contributed by atoms with Crippen LogP contribution in [0, 0.1) is 0 Å². The Bertz CT molecular complexity index is 1360. The number of amides is 1. The Morgan fingerprint density at radius 2 is 1.94 bits per heavy atom. The molecule has 4 rings (SSSR count). The molecule has 0 bridgehead atoms. The van der Waals surface area contributed by atoms with Crippen LogP contribution in [-0.4, -0.2) is 37.2 Å². The van der Waals surface area contributed by atoms with Crippen molar-refractivity contribution in [2.24, 2.45) is 0 Å². The molecule has 1 atom stereocenters. The number of hydrogen-bond acceptors (Lipinski definition) is 8. The lowest BCUT2D eigenvalue weighted by Gasteiger charge is -2.21. The minimum absolute atomic E-state index is 0.0171. The Balaban J connectivity index is 1.71. The fourth-order valence-electron chi connectivity index (χ4n) is 3.52. The van der Waals surface area contributed by atoms with Gasteiger partial charge in [0.25, 0.3) is 15.9 Å². The number of carboxylic acid groups (broad SMARTS) is 1. The molecule has 0 spiro atoms. The van der Waals surface area contributed by atoms with E-state index in [1.165, 1.54) is 42.6 Å². The van der Waals surface area contributed by atoms with Crippen molar-refractivity contribution in [2.75, 3.05) is 6.79 Å². The SMILES string of the molecule is CCCc1cc(C(=O)O)ccc1OC(C(=O)NS(=O)(=O)c1cccnc1)c1ccc2c(c1)OCO2. The summed E-state index contributed by atoms with van der Waals surface area (Å²) in [6, 6.07) is 11.7. The van der Waals surface area contributed by atoms with Gasteiger partial charge < -0.3 is 19.3 Å². The summed E-state index contributed by atoms with van der Waals surface area (Å²) < 4.78 is 44.3. The quantitative estimate of drug-likeness (QED) is 0.455. The molecule has 1 aliphatic heterocycles. The molecule has 2 aromatic carbocycles. The molecule has 35 heavy (non-hydrogen) atoms. The van der Waals surface area contributed by atoms with Crippen LogP contribution >= 0.6 is 0 Å². The highest BCUT2D eigenvalue weighted by Crippen LogP contribution is 2.36. The molecule has 0 aliphatic carbocycles. The number of carboxylic acids is 1. The van der Waals surface area contributed by atoms with Gasteiger partial charge in [-0.15, -0.1) is 0 Å². The van der Waals surface area contributed by atoms with E-state index in [0.717, 1.165) is 6.20 Å². The van der Waals surface area contributed by atoms with Gasteiger partial charge in [-0.2, -0.15) is 0 Å². The van der Waals surface area contributed by atoms with Crippen molar-refractivity contribution >= 4 is 21.9 Å². The van der Waals surface area contributed by atoms with Crippen LogP contribution in [0.15, 0.2) is 65.8 Å². The van der Waals surface area contributed by atoms with Gasteiger partial charge >= 0.3 is 5.97 Å². The van der Waals surface area contributed by atoms with Gasteiger partial charge in [0.15, 0.2) is 11.5 Å². The van der Waals surface area contributed by atoms with E-state index in [1.807, 2.05) is 11.6 Å². The fraction of sp³-hybridized carbons (Fsp3) is 0.208. The molecule has 0 radical (unpaired) electrons. The number of aromatic carboxylic acids is 1. The van der Waals surface area contributed by atoms with Crippen LogP contribution in [0.1, 0.15) is 40.9 Å². The number of hydrogen-bond donors (Lipinski definition) is 2. The molecular weight excluding hydrogens is 476 g/mol. The number of sulfonamides is 1. The highest BCUT2D eigenvalue weighted by molar-refractivity contribution is 7.90. The first kappa shape index (κ1) is 24.0. The van der Waals surface area contributed by atoms with Gasteiger partial charge in [0.05, 0.1) is 5.56 Å². The molecule has 2 heterocycles. The molecule has 10 nitrogen and oxygen atoms in total. The minimum atomic E-state index is -4.23. The van der Waals surface area contributed by atoms with Crippen molar-refractivity contribution in [3.05, 3.63) is 77.6 Å². The zero-order valence-corrected chi connectivity index (χ0v) is 19.4. The van der Waals surface area contributed by atoms with E-state index in [1.54, 1.807) is 12.1 Å². The number of aryl methyl sites for hydroxylation is 1. The van der Waals surface area contributed by atoms with E-state index in [-0.39, 0.29) is 23.0 Å². The molecule has 1 aliphatic rings. The van der Waals surface area contributed by atoms with E-state index in [0.29, 0.717) is 35.5 Å². The van der Waals surface area contributed by atoms with E-state index >= 15 is 0 Å². The summed E-state index contributed by atoms with van der Waals surface area (Å²) in [5.41, 5.74) is 0.961. The highest BCUT2D eigenvalue weighted by atomic mass is 32.2. The second kappa shape index (κ2) is 10.0. The second-order valence-corrected chi connectivity index (χ2v) is 9.33. The molecule has 0 saturated heterocycles. The van der Waals surface area contributed by atoms with Crippen LogP contribution in [0.2, 0.25) is 0 Å². The van der Waals surface area contributed by atoms with E-state index in [2.05, 4.69) is 4.98 Å². The Morgan fingerprint density at radius 1 is 1.14 bits per heavy atom. The Labute approximate surface area is 201 Å². The third kappa shape index (κ3) is 5.35. The number of nitrogens with zero attached hydrogens (tertiary/aromatic N) is 1. The lowest BCUT2D eigenvalue weighted by Crippen LogP contribution is -2.37. The first-order chi connectivity index (χ1) is 16.8. The van der Waals surface area contributed by atoms with Crippen molar-refractivity contribution < 1.29 is 37.3 Å². The van der Waals surface area contributed by atoms with Crippen molar-refractivity contribution in [1.29, 1.82) is 0 Å². The van der Waals surface area contributed by atoms with Crippen molar-refractivity contribution in [1.82, 2.24) is 9.71 Å². The highest BCUT2D eigenvalue weighted by Gasteiger charge is 2.30. The maximum atomic E-state index is 13.3. The maximum absolute atomic E-state index is 13.3. The average Bonchev–Trinajstić information content (AvgIpc) is 3.31. The summed E-state index contributed by atoms with van der Waals surface area (Å²) in [6.45, 7) is 1.93. The van der Waals surface area contributed by atoms with Crippen molar-refractivity contribution in [2.45, 2.75) is 30.8 Å². The van der Waals surface area contributed by atoms with Crippen LogP contribution in [0.25, 0.3) is 0 Å². The standard InChI is InChI=1S/C24H22N2O8S/c1-2-4-15-11-17(24(28)29)7-8-19(15)34-22(16-6-9-20-21(12-16)33-14-32-20)23(27)26-35(30,31)18-5-3-10-25-13-18/h3,5-13,22H,2,4,14H2,1H3,(H,26,27)(H,28,29). The summed E-state index contributed by atoms with van der Waals surface area (Å²) in [4.78, 5) is 28.3. The number of carbonyl (C=O) groups is 2. The topological polar surface area (TPSA) is 141 Å². The van der Waals surface area contributed by atoms with Crippen LogP contribution in [0.3, 0.4) is 0 Å². The molecule has 182 valence electrons. The smallest absolute Gasteiger partial charge is 0.335 e. The van der Waals surface area contributed by atoms with Gasteiger partial charge in [0, 0.05) is 18.0 Å². The first-order valence-corrected chi connectivity index (χ1v) is 12.2. The molecule has 3 aromatic rings.